The first-order valence-corrected chi connectivity index (χ1v) is 6.22. The van der Waals surface area contributed by atoms with Crippen LogP contribution in [0.2, 0.25) is 0 Å². The summed E-state index contributed by atoms with van der Waals surface area (Å²) in [5, 5.41) is 5.33. The zero-order valence-electron chi connectivity index (χ0n) is 12.1. The molecule has 5 nitrogen and oxygen atoms in total. The number of nitrogens with one attached hydrogen (secondary N) is 1. The van der Waals surface area contributed by atoms with E-state index in [2.05, 4.69) is 51.9 Å². The predicted octanol–water partition coefficient (Wildman–Crippen LogP) is 0.454. The van der Waals surface area contributed by atoms with Gasteiger partial charge in [-0.1, -0.05) is 0 Å². The fourth-order valence-electron chi connectivity index (χ4n) is 1.82. The zero-order chi connectivity index (χ0) is 13.0. The SMILES string of the molecule is CNC(C)CCN(C)Cc1cn(N(C)C)n1C. The lowest BCUT2D eigenvalue weighted by Gasteiger charge is -2.30. The lowest BCUT2D eigenvalue weighted by atomic mass is 10.2. The molecule has 1 aromatic rings. The summed E-state index contributed by atoms with van der Waals surface area (Å²) < 4.78 is 2.18. The number of hydrogen-bond acceptors (Lipinski definition) is 3. The highest BCUT2D eigenvalue weighted by Crippen LogP contribution is 2.07. The highest BCUT2D eigenvalue weighted by atomic mass is 15.7. The van der Waals surface area contributed by atoms with Gasteiger partial charge in [0.2, 0.25) is 0 Å². The van der Waals surface area contributed by atoms with Crippen LogP contribution in [0.3, 0.4) is 0 Å². The van der Waals surface area contributed by atoms with Crippen LogP contribution in [0.25, 0.3) is 0 Å². The predicted molar refractivity (Wildman–Crippen MR) is 72.9 cm³/mol. The van der Waals surface area contributed by atoms with E-state index >= 15 is 0 Å². The Kier molecular flexibility index (Phi) is 5.08. The largest absolute Gasteiger partial charge is 0.317 e. The van der Waals surface area contributed by atoms with Crippen LogP contribution in [0, 0.1) is 0 Å². The third-order valence-corrected chi connectivity index (χ3v) is 3.27. The first kappa shape index (κ1) is 14.1. The molecule has 0 aliphatic heterocycles. The summed E-state index contributed by atoms with van der Waals surface area (Å²) in [6, 6.07) is 0.587. The molecular weight excluding hydrogens is 214 g/mol. The van der Waals surface area contributed by atoms with Crippen molar-refractivity contribution in [2.45, 2.75) is 25.9 Å². The van der Waals surface area contributed by atoms with Gasteiger partial charge in [-0.05, 0) is 34.0 Å². The standard InChI is InChI=1S/C12H27N5/c1-11(13-2)7-8-15(5)9-12-10-17(14(3)4)16(12)6/h10-11,13H,7-9H2,1-6H3. The Balaban J connectivity index is 2.36. The van der Waals surface area contributed by atoms with Gasteiger partial charge in [0.05, 0.1) is 11.9 Å². The number of rotatable bonds is 7. The molecule has 0 radical (unpaired) electrons. The summed E-state index contributed by atoms with van der Waals surface area (Å²) >= 11 is 0. The lowest BCUT2D eigenvalue weighted by Crippen LogP contribution is -2.39. The fourth-order valence-corrected chi connectivity index (χ4v) is 1.82. The van der Waals surface area contributed by atoms with E-state index in [1.54, 1.807) is 0 Å². The van der Waals surface area contributed by atoms with Gasteiger partial charge in [-0.2, -0.15) is 0 Å². The second-order valence-corrected chi connectivity index (χ2v) is 5.03. The molecule has 1 N–H and O–H groups in total. The van der Waals surface area contributed by atoms with Crippen molar-refractivity contribution in [3.8, 4) is 0 Å². The van der Waals surface area contributed by atoms with Crippen LogP contribution in [0.5, 0.6) is 0 Å². The topological polar surface area (TPSA) is 28.4 Å². The van der Waals surface area contributed by atoms with Crippen molar-refractivity contribution in [3.05, 3.63) is 11.9 Å². The normalized spacial score (nSPS) is 13.4. The van der Waals surface area contributed by atoms with Gasteiger partial charge in [0.1, 0.15) is 0 Å². The van der Waals surface area contributed by atoms with Gasteiger partial charge in [0.25, 0.3) is 0 Å². The lowest BCUT2D eigenvalue weighted by molar-refractivity contribution is 0.281. The van der Waals surface area contributed by atoms with Gasteiger partial charge in [-0.15, -0.1) is 0 Å². The third-order valence-electron chi connectivity index (χ3n) is 3.27. The Morgan fingerprint density at radius 3 is 2.47 bits per heavy atom. The molecule has 100 valence electrons. The van der Waals surface area contributed by atoms with Gasteiger partial charge in [0, 0.05) is 33.7 Å². The molecule has 1 aromatic heterocycles. The van der Waals surface area contributed by atoms with E-state index in [1.807, 2.05) is 21.1 Å². The summed E-state index contributed by atoms with van der Waals surface area (Å²) in [6.45, 7) is 4.35. The molecule has 0 bridgehead atoms. The Hall–Kier alpha value is -0.940. The molecule has 0 aliphatic rings. The molecule has 0 saturated heterocycles. The van der Waals surface area contributed by atoms with E-state index in [1.165, 1.54) is 12.1 Å². The summed E-state index contributed by atoms with van der Waals surface area (Å²) in [6.07, 6.45) is 3.36. The van der Waals surface area contributed by atoms with Crippen molar-refractivity contribution >= 4 is 0 Å². The molecule has 1 unspecified atom stereocenters. The molecule has 0 saturated carbocycles. The van der Waals surface area contributed by atoms with Crippen LogP contribution in [0.15, 0.2) is 6.20 Å². The van der Waals surface area contributed by atoms with E-state index < -0.39 is 0 Å². The number of aromatic nitrogens is 2. The minimum absolute atomic E-state index is 0.587. The Labute approximate surface area is 105 Å². The highest BCUT2D eigenvalue weighted by molar-refractivity contribution is 5.01. The summed E-state index contributed by atoms with van der Waals surface area (Å²) in [7, 11) is 10.4. The average Bonchev–Trinajstić information content (AvgIpc) is 2.29. The van der Waals surface area contributed by atoms with Crippen LogP contribution in [0.1, 0.15) is 19.0 Å². The van der Waals surface area contributed by atoms with Crippen molar-refractivity contribution < 1.29 is 0 Å². The Morgan fingerprint density at radius 1 is 1.35 bits per heavy atom. The van der Waals surface area contributed by atoms with Gasteiger partial charge in [-0.25, -0.2) is 4.79 Å². The minimum Gasteiger partial charge on any atom is -0.317 e. The Bertz CT molecular complexity index is 326. The van der Waals surface area contributed by atoms with Crippen LogP contribution < -0.4 is 10.3 Å². The van der Waals surface area contributed by atoms with Gasteiger partial charge >= 0.3 is 0 Å². The van der Waals surface area contributed by atoms with Crippen LogP contribution in [0.4, 0.5) is 0 Å². The molecule has 1 atom stereocenters. The smallest absolute Gasteiger partial charge is 0.0703 e. The molecule has 1 heterocycles. The van der Waals surface area contributed by atoms with Crippen molar-refractivity contribution in [1.29, 1.82) is 0 Å². The molecule has 0 aliphatic carbocycles. The van der Waals surface area contributed by atoms with Gasteiger partial charge < -0.3 is 15.2 Å². The second-order valence-electron chi connectivity index (χ2n) is 5.03. The third kappa shape index (κ3) is 3.78. The first-order valence-electron chi connectivity index (χ1n) is 6.22. The summed E-state index contributed by atoms with van der Waals surface area (Å²) in [5.41, 5.74) is 1.36. The highest BCUT2D eigenvalue weighted by Gasteiger charge is 2.11. The molecule has 17 heavy (non-hydrogen) atoms. The molecule has 5 heteroatoms. The monoisotopic (exact) mass is 241 g/mol. The second kappa shape index (κ2) is 6.12. The number of hydrogen-bond donors (Lipinski definition) is 1. The van der Waals surface area contributed by atoms with Gasteiger partial charge in [0.15, 0.2) is 0 Å². The zero-order valence-corrected chi connectivity index (χ0v) is 12.1. The van der Waals surface area contributed by atoms with E-state index in [0.29, 0.717) is 6.04 Å². The maximum Gasteiger partial charge on any atom is 0.0703 e. The quantitative estimate of drug-likeness (QED) is 0.751. The first-order chi connectivity index (χ1) is 7.95. The molecule has 0 amide bonds. The van der Waals surface area contributed by atoms with E-state index in [0.717, 1.165) is 13.1 Å². The maximum absolute atomic E-state index is 3.27. The molecule has 1 rings (SSSR count). The Morgan fingerprint density at radius 2 is 2.00 bits per heavy atom. The van der Waals surface area contributed by atoms with E-state index in [-0.39, 0.29) is 0 Å². The van der Waals surface area contributed by atoms with Crippen LogP contribution in [-0.2, 0) is 13.6 Å². The molecular formula is C12H27N5. The summed E-state index contributed by atoms with van der Waals surface area (Å²) in [4.78, 5) is 4.46. The molecule has 0 spiro atoms. The number of nitrogens with zero attached hydrogens (tertiary/aromatic N) is 4. The van der Waals surface area contributed by atoms with E-state index in [4.69, 9.17) is 0 Å². The van der Waals surface area contributed by atoms with Crippen LogP contribution in [-0.4, -0.2) is 55.1 Å². The van der Waals surface area contributed by atoms with Crippen LogP contribution >= 0.6 is 0 Å². The average molecular weight is 241 g/mol. The van der Waals surface area contributed by atoms with Crippen molar-refractivity contribution in [1.82, 2.24) is 19.7 Å². The molecule has 0 fully saturated rings. The van der Waals surface area contributed by atoms with Gasteiger partial charge in [-0.3, -0.25) is 4.68 Å². The van der Waals surface area contributed by atoms with Crippen molar-refractivity contribution in [3.63, 3.8) is 0 Å². The minimum atomic E-state index is 0.587. The van der Waals surface area contributed by atoms with Crippen molar-refractivity contribution in [2.24, 2.45) is 7.05 Å². The fraction of sp³-hybridized carbons (Fsp3) is 0.833. The van der Waals surface area contributed by atoms with Crippen molar-refractivity contribution in [2.75, 3.05) is 39.7 Å². The maximum atomic E-state index is 3.27. The summed E-state index contributed by atoms with van der Waals surface area (Å²) in [5.74, 6) is 0. The van der Waals surface area contributed by atoms with E-state index in [9.17, 15) is 0 Å². The molecule has 0 aromatic carbocycles.